The van der Waals surface area contributed by atoms with Crippen LogP contribution in [-0.4, -0.2) is 42.1 Å². The molecule has 1 N–H and O–H groups in total. The number of aromatic nitrogens is 2. The van der Waals surface area contributed by atoms with Crippen molar-refractivity contribution in [1.29, 1.82) is 0 Å². The van der Waals surface area contributed by atoms with E-state index in [0.717, 1.165) is 35.8 Å². The number of nitrogens with one attached hydrogen (secondary N) is 1. The molecular weight excluding hydrogens is 440 g/mol. The molecule has 2 heterocycles. The van der Waals surface area contributed by atoms with Crippen LogP contribution in [0, 0.1) is 6.92 Å². The number of sulfonamides is 1. The number of aryl methyl sites for hydroxylation is 1. The fourth-order valence-electron chi connectivity index (χ4n) is 3.80. The number of hydrogen-bond acceptors (Lipinski definition) is 6. The predicted molar refractivity (Wildman–Crippen MR) is 134 cm³/mol. The maximum atomic E-state index is 12.3. The average Bonchev–Trinajstić information content (AvgIpc) is 3.06. The van der Waals surface area contributed by atoms with Crippen LogP contribution in [0.2, 0.25) is 0 Å². The molecule has 2 aromatic heterocycles. The molecule has 0 amide bonds. The number of nitrogens with zero attached hydrogens (tertiary/aromatic N) is 3. The first-order valence-electron chi connectivity index (χ1n) is 10.6. The van der Waals surface area contributed by atoms with Gasteiger partial charge in [-0.25, -0.2) is 18.4 Å². The van der Waals surface area contributed by atoms with Gasteiger partial charge in [0.1, 0.15) is 6.33 Å². The van der Waals surface area contributed by atoms with E-state index in [1.54, 1.807) is 31.5 Å². The maximum absolute atomic E-state index is 12.3. The zero-order valence-corrected chi connectivity index (χ0v) is 20.4. The summed E-state index contributed by atoms with van der Waals surface area (Å²) in [4.78, 5) is 12.1. The summed E-state index contributed by atoms with van der Waals surface area (Å²) in [6.45, 7) is 7.20. The first kappa shape index (κ1) is 22.6. The molecule has 0 aliphatic heterocycles. The van der Waals surface area contributed by atoms with Crippen molar-refractivity contribution in [3.8, 4) is 0 Å². The number of benzene rings is 2. The van der Waals surface area contributed by atoms with Crippen LogP contribution in [-0.2, 0) is 23.0 Å². The summed E-state index contributed by atoms with van der Waals surface area (Å²) < 4.78 is 28.5. The molecule has 0 saturated heterocycles. The molecule has 0 aliphatic carbocycles. The number of rotatable bonds is 8. The molecule has 2 aromatic carbocycles. The van der Waals surface area contributed by atoms with Crippen molar-refractivity contribution in [1.82, 2.24) is 14.9 Å². The van der Waals surface area contributed by atoms with Gasteiger partial charge in [-0.3, -0.25) is 4.72 Å². The molecule has 168 valence electrons. The summed E-state index contributed by atoms with van der Waals surface area (Å²) in [6, 6.07) is 12.0. The van der Waals surface area contributed by atoms with Crippen molar-refractivity contribution in [2.24, 2.45) is 0 Å². The second-order valence-electron chi connectivity index (χ2n) is 8.40. The zero-order valence-electron chi connectivity index (χ0n) is 18.8. The first-order valence-corrected chi connectivity index (χ1v) is 13.0. The smallest absolute Gasteiger partial charge is 0.235 e. The third-order valence-electron chi connectivity index (χ3n) is 5.70. The number of anilines is 1. The van der Waals surface area contributed by atoms with Crippen molar-refractivity contribution in [2.75, 3.05) is 18.3 Å². The van der Waals surface area contributed by atoms with Gasteiger partial charge in [0.25, 0.3) is 0 Å². The minimum absolute atomic E-state index is 0.477. The molecule has 0 unspecified atom stereocenters. The van der Waals surface area contributed by atoms with E-state index < -0.39 is 15.3 Å². The Balaban J connectivity index is 1.52. The van der Waals surface area contributed by atoms with Crippen molar-refractivity contribution in [2.45, 2.75) is 39.0 Å². The van der Waals surface area contributed by atoms with Gasteiger partial charge in [-0.05, 0) is 75.0 Å². The van der Waals surface area contributed by atoms with Gasteiger partial charge < -0.3 is 4.90 Å². The van der Waals surface area contributed by atoms with Crippen molar-refractivity contribution >= 4 is 48.0 Å². The summed E-state index contributed by atoms with van der Waals surface area (Å²) in [5.41, 5.74) is 4.07. The van der Waals surface area contributed by atoms with Crippen LogP contribution >= 0.6 is 11.3 Å². The molecule has 4 aromatic rings. The quantitative estimate of drug-likeness (QED) is 0.395. The molecule has 6 nitrogen and oxygen atoms in total. The highest BCUT2D eigenvalue weighted by Crippen LogP contribution is 2.33. The monoisotopic (exact) mass is 468 g/mol. The topological polar surface area (TPSA) is 75.2 Å². The van der Waals surface area contributed by atoms with Gasteiger partial charge in [0.15, 0.2) is 0 Å². The van der Waals surface area contributed by atoms with Crippen LogP contribution in [0.4, 0.5) is 5.69 Å². The molecule has 0 aliphatic rings. The van der Waals surface area contributed by atoms with Crippen LogP contribution in [0.15, 0.2) is 48.9 Å². The molecule has 32 heavy (non-hydrogen) atoms. The molecular formula is C24H28N4O2S2. The molecule has 0 spiro atoms. The second-order valence-corrected chi connectivity index (χ2v) is 11.9. The Morgan fingerprint density at radius 3 is 2.75 bits per heavy atom. The van der Waals surface area contributed by atoms with Crippen LogP contribution in [0.1, 0.15) is 29.9 Å². The molecule has 0 fully saturated rings. The largest absolute Gasteiger partial charge is 0.302 e. The van der Waals surface area contributed by atoms with Gasteiger partial charge in [0.2, 0.25) is 10.0 Å². The fraction of sp³-hybridized carbons (Fsp3) is 0.333. The van der Waals surface area contributed by atoms with E-state index in [4.69, 9.17) is 0 Å². The highest BCUT2D eigenvalue weighted by atomic mass is 32.2. The molecule has 8 heteroatoms. The molecule has 0 saturated carbocycles. The maximum Gasteiger partial charge on any atom is 0.235 e. The third-order valence-corrected chi connectivity index (χ3v) is 8.59. The van der Waals surface area contributed by atoms with E-state index in [9.17, 15) is 8.42 Å². The number of likely N-dealkylation sites (N-methyl/N-ethyl adjacent to an activating group) is 1. The van der Waals surface area contributed by atoms with E-state index in [1.807, 2.05) is 36.5 Å². The lowest BCUT2D eigenvalue weighted by molar-refractivity contribution is 0.332. The third kappa shape index (κ3) is 4.77. The van der Waals surface area contributed by atoms with E-state index in [0.29, 0.717) is 5.69 Å². The number of hydrogen-bond donors (Lipinski definition) is 1. The summed E-state index contributed by atoms with van der Waals surface area (Å²) in [7, 11) is -1.25. The number of thiophene rings is 1. The Labute approximate surface area is 193 Å². The van der Waals surface area contributed by atoms with E-state index >= 15 is 0 Å². The lowest BCUT2D eigenvalue weighted by atomic mass is 10.1. The summed E-state index contributed by atoms with van der Waals surface area (Å²) >= 11 is 1.76. The average molecular weight is 469 g/mol. The minimum Gasteiger partial charge on any atom is -0.302 e. The van der Waals surface area contributed by atoms with Gasteiger partial charge in [-0.15, -0.1) is 11.3 Å². The van der Waals surface area contributed by atoms with Crippen LogP contribution in [0.25, 0.3) is 21.0 Å². The van der Waals surface area contributed by atoms with Gasteiger partial charge in [-0.2, -0.15) is 0 Å². The molecule has 0 radical (unpaired) electrons. The SMILES string of the molecule is Cc1sc2ccc(NS(=O)(=O)C(C)C)cc2c1CCN(C)Cc1cccc2ncncc12. The van der Waals surface area contributed by atoms with Crippen LogP contribution in [0.3, 0.4) is 0 Å². The predicted octanol–water partition coefficient (Wildman–Crippen LogP) is 4.98. The second kappa shape index (κ2) is 9.13. The van der Waals surface area contributed by atoms with E-state index in [1.165, 1.54) is 20.7 Å². The van der Waals surface area contributed by atoms with Gasteiger partial charge in [-0.1, -0.05) is 12.1 Å². The van der Waals surface area contributed by atoms with Gasteiger partial charge >= 0.3 is 0 Å². The Hall–Kier alpha value is -2.55. The van der Waals surface area contributed by atoms with Gasteiger partial charge in [0, 0.05) is 39.9 Å². The van der Waals surface area contributed by atoms with Crippen molar-refractivity contribution in [3.05, 3.63) is 64.9 Å². The lowest BCUT2D eigenvalue weighted by Crippen LogP contribution is -2.22. The molecule has 4 rings (SSSR count). The van der Waals surface area contributed by atoms with Crippen molar-refractivity contribution < 1.29 is 8.42 Å². The van der Waals surface area contributed by atoms with Gasteiger partial charge in [0.05, 0.1) is 10.8 Å². The number of fused-ring (bicyclic) bond motifs is 2. The fourth-order valence-corrected chi connectivity index (χ4v) is 5.59. The zero-order chi connectivity index (χ0) is 22.9. The Morgan fingerprint density at radius 1 is 1.16 bits per heavy atom. The summed E-state index contributed by atoms with van der Waals surface area (Å²) in [5, 5.41) is 1.74. The standard InChI is InChI=1S/C24H28N4O2S2/c1-16(2)32(29,30)27-19-8-9-24-21(12-19)20(17(3)31-24)10-11-28(4)14-18-6-5-7-23-22(18)13-25-15-26-23/h5-9,12-13,15-16,27H,10-11,14H2,1-4H3. The summed E-state index contributed by atoms with van der Waals surface area (Å²) in [5.74, 6) is 0. The van der Waals surface area contributed by atoms with Crippen molar-refractivity contribution in [3.63, 3.8) is 0 Å². The van der Waals surface area contributed by atoms with E-state index in [-0.39, 0.29) is 0 Å². The van der Waals surface area contributed by atoms with E-state index in [2.05, 4.69) is 39.6 Å². The molecule has 0 atom stereocenters. The molecule has 0 bridgehead atoms. The minimum atomic E-state index is -3.37. The first-order chi connectivity index (χ1) is 15.2. The van der Waals surface area contributed by atoms with Crippen LogP contribution < -0.4 is 4.72 Å². The highest BCUT2D eigenvalue weighted by molar-refractivity contribution is 7.93. The summed E-state index contributed by atoms with van der Waals surface area (Å²) in [6.07, 6.45) is 4.35. The highest BCUT2D eigenvalue weighted by Gasteiger charge is 2.17. The van der Waals surface area contributed by atoms with Crippen LogP contribution in [0.5, 0.6) is 0 Å². The normalized spacial score (nSPS) is 12.3. The lowest BCUT2D eigenvalue weighted by Gasteiger charge is -2.18. The Kier molecular flexibility index (Phi) is 6.46. The Morgan fingerprint density at radius 2 is 1.97 bits per heavy atom. The Bertz CT molecular complexity index is 1360.